The van der Waals surface area contributed by atoms with Crippen LogP contribution in [-0.2, 0) is 13.5 Å². The number of hydrogen-bond donors (Lipinski definition) is 1. The lowest BCUT2D eigenvalue weighted by molar-refractivity contribution is 0.187. The first-order valence-electron chi connectivity index (χ1n) is 11.9. The van der Waals surface area contributed by atoms with Crippen LogP contribution in [0.15, 0.2) is 36.7 Å². The Morgan fingerprint density at radius 1 is 1.11 bits per heavy atom. The number of methoxy groups -OCH3 is 1. The average molecular weight is 494 g/mol. The van der Waals surface area contributed by atoms with Gasteiger partial charge in [-0.3, -0.25) is 4.68 Å². The summed E-state index contributed by atoms with van der Waals surface area (Å²) in [5.74, 6) is 1.89. The number of piperidine rings is 1. The van der Waals surface area contributed by atoms with Crippen molar-refractivity contribution in [3.63, 3.8) is 0 Å². The fraction of sp³-hybridized carbons (Fsp3) is 0.423. The highest BCUT2D eigenvalue weighted by molar-refractivity contribution is 5.85. The van der Waals surface area contributed by atoms with E-state index in [9.17, 15) is 0 Å². The second-order valence-electron chi connectivity index (χ2n) is 9.83. The first-order valence-corrected chi connectivity index (χ1v) is 11.9. The van der Waals surface area contributed by atoms with Crippen LogP contribution >= 0.6 is 12.4 Å². The van der Waals surface area contributed by atoms with Crippen molar-refractivity contribution < 1.29 is 4.74 Å². The van der Waals surface area contributed by atoms with E-state index in [0.717, 1.165) is 72.1 Å². The van der Waals surface area contributed by atoms with Crippen LogP contribution in [0, 0.1) is 19.3 Å². The van der Waals surface area contributed by atoms with E-state index in [2.05, 4.69) is 47.1 Å². The molecule has 2 N–H and O–H groups in total. The summed E-state index contributed by atoms with van der Waals surface area (Å²) >= 11 is 0. The summed E-state index contributed by atoms with van der Waals surface area (Å²) in [5.41, 5.74) is 14.7. The number of nitrogens with two attached hydrogens (primary N) is 1. The molecule has 9 heteroatoms. The van der Waals surface area contributed by atoms with Gasteiger partial charge in [-0.05, 0) is 67.9 Å². The second-order valence-corrected chi connectivity index (χ2v) is 9.83. The number of benzene rings is 1. The first kappa shape index (κ1) is 23.6. The molecule has 3 aromatic heterocycles. The molecule has 4 heterocycles. The Kier molecular flexibility index (Phi) is 5.76. The van der Waals surface area contributed by atoms with Gasteiger partial charge in [0, 0.05) is 37.4 Å². The highest BCUT2D eigenvalue weighted by Gasteiger charge is 2.46. The monoisotopic (exact) mass is 493 g/mol. The molecule has 1 atom stereocenters. The number of fused-ring (bicyclic) bond motifs is 2. The maximum atomic E-state index is 6.85. The number of hydrogen-bond acceptors (Lipinski definition) is 6. The lowest BCUT2D eigenvalue weighted by Gasteiger charge is -2.42. The SMILES string of the molecule is COc1ccc2c(c1)[C@@H](N)C1(CCN(c3nc(C)c(-c4cnn(C)c4C)n4nccc34)CC1)C2.Cl. The summed E-state index contributed by atoms with van der Waals surface area (Å²) in [4.78, 5) is 7.51. The quantitative estimate of drug-likeness (QED) is 0.464. The summed E-state index contributed by atoms with van der Waals surface area (Å²) in [6, 6.07) is 8.47. The molecule has 2 aliphatic rings. The molecular weight excluding hydrogens is 462 g/mol. The molecule has 0 amide bonds. The molecule has 1 aliphatic heterocycles. The van der Waals surface area contributed by atoms with E-state index in [4.69, 9.17) is 15.5 Å². The number of ether oxygens (including phenoxy) is 1. The molecule has 184 valence electrons. The minimum Gasteiger partial charge on any atom is -0.497 e. The normalized spacial score (nSPS) is 18.7. The molecule has 1 saturated heterocycles. The van der Waals surface area contributed by atoms with Crippen molar-refractivity contribution in [3.05, 3.63) is 59.2 Å². The van der Waals surface area contributed by atoms with Crippen molar-refractivity contribution in [2.45, 2.75) is 39.2 Å². The van der Waals surface area contributed by atoms with Gasteiger partial charge in [0.2, 0.25) is 0 Å². The molecule has 1 aliphatic carbocycles. The van der Waals surface area contributed by atoms with Gasteiger partial charge in [0.15, 0.2) is 5.82 Å². The fourth-order valence-electron chi connectivity index (χ4n) is 5.97. The summed E-state index contributed by atoms with van der Waals surface area (Å²) in [7, 11) is 3.67. The molecule has 0 bridgehead atoms. The Labute approximate surface area is 211 Å². The lowest BCUT2D eigenvalue weighted by Crippen LogP contribution is -2.44. The smallest absolute Gasteiger partial charge is 0.155 e. The molecule has 0 radical (unpaired) electrons. The van der Waals surface area contributed by atoms with Crippen LogP contribution in [0.4, 0.5) is 5.82 Å². The number of anilines is 1. The highest BCUT2D eigenvalue weighted by Crippen LogP contribution is 2.51. The van der Waals surface area contributed by atoms with Crippen molar-refractivity contribution in [1.29, 1.82) is 0 Å². The van der Waals surface area contributed by atoms with Gasteiger partial charge in [0.05, 0.1) is 30.9 Å². The number of rotatable bonds is 3. The minimum atomic E-state index is 0. The Hall–Kier alpha value is -3.10. The van der Waals surface area contributed by atoms with Crippen LogP contribution in [0.25, 0.3) is 16.8 Å². The topological polar surface area (TPSA) is 86.5 Å². The molecule has 8 nitrogen and oxygen atoms in total. The van der Waals surface area contributed by atoms with Gasteiger partial charge in [0.25, 0.3) is 0 Å². The molecule has 0 unspecified atom stereocenters. The van der Waals surface area contributed by atoms with Crippen LogP contribution in [-0.4, -0.2) is 44.6 Å². The van der Waals surface area contributed by atoms with Gasteiger partial charge in [-0.25, -0.2) is 9.50 Å². The van der Waals surface area contributed by atoms with Crippen molar-refractivity contribution in [1.82, 2.24) is 24.4 Å². The van der Waals surface area contributed by atoms with Crippen molar-refractivity contribution in [2.75, 3.05) is 25.1 Å². The number of aryl methyl sites for hydroxylation is 2. The molecule has 1 spiro atoms. The van der Waals surface area contributed by atoms with Gasteiger partial charge in [-0.2, -0.15) is 10.2 Å². The molecule has 4 aromatic rings. The number of aromatic nitrogens is 5. The number of halogens is 1. The van der Waals surface area contributed by atoms with Crippen molar-refractivity contribution in [2.24, 2.45) is 18.2 Å². The van der Waals surface area contributed by atoms with Crippen LogP contribution in [0.5, 0.6) is 5.75 Å². The van der Waals surface area contributed by atoms with Crippen LogP contribution < -0.4 is 15.4 Å². The zero-order valence-electron chi connectivity index (χ0n) is 20.7. The third kappa shape index (κ3) is 3.50. The largest absolute Gasteiger partial charge is 0.497 e. The Bertz CT molecular complexity index is 1400. The first-order chi connectivity index (χ1) is 16.4. The lowest BCUT2D eigenvalue weighted by atomic mass is 9.73. The Balaban J connectivity index is 0.00000253. The third-order valence-electron chi connectivity index (χ3n) is 8.14. The van der Waals surface area contributed by atoms with E-state index in [1.807, 2.05) is 34.7 Å². The summed E-state index contributed by atoms with van der Waals surface area (Å²) < 4.78 is 9.36. The van der Waals surface area contributed by atoms with Crippen molar-refractivity contribution >= 4 is 23.7 Å². The van der Waals surface area contributed by atoms with E-state index >= 15 is 0 Å². The van der Waals surface area contributed by atoms with Crippen molar-refractivity contribution in [3.8, 4) is 17.0 Å². The van der Waals surface area contributed by atoms with Gasteiger partial charge in [-0.15, -0.1) is 12.4 Å². The van der Waals surface area contributed by atoms with Gasteiger partial charge < -0.3 is 15.4 Å². The maximum Gasteiger partial charge on any atom is 0.155 e. The van der Waals surface area contributed by atoms with Gasteiger partial charge in [0.1, 0.15) is 11.3 Å². The summed E-state index contributed by atoms with van der Waals surface area (Å²) in [5, 5.41) is 9.10. The van der Waals surface area contributed by atoms with Crippen LogP contribution in [0.3, 0.4) is 0 Å². The van der Waals surface area contributed by atoms with Crippen LogP contribution in [0.1, 0.15) is 41.4 Å². The van der Waals surface area contributed by atoms with E-state index in [0.29, 0.717) is 0 Å². The zero-order chi connectivity index (χ0) is 23.6. The summed E-state index contributed by atoms with van der Waals surface area (Å²) in [6.45, 7) is 6.00. The highest BCUT2D eigenvalue weighted by atomic mass is 35.5. The fourth-order valence-corrected chi connectivity index (χ4v) is 5.97. The van der Waals surface area contributed by atoms with E-state index in [-0.39, 0.29) is 23.9 Å². The predicted molar refractivity (Wildman–Crippen MR) is 139 cm³/mol. The standard InChI is InChI=1S/C26H31N7O.ClH/c1-16-23(21-15-29-31(3)17(21)2)33-22(7-10-28-33)25(30-16)32-11-8-26(9-12-32)14-18-5-6-19(34-4)13-20(18)24(26)27;/h5-7,10,13,15,24H,8-9,11-12,14,27H2,1-4H3;1H/t24-;/m1./s1. The minimum absolute atomic E-state index is 0. The molecular formula is C26H32ClN7O. The molecule has 6 rings (SSSR count). The average Bonchev–Trinajstić information content (AvgIpc) is 3.52. The molecule has 1 fully saturated rings. The Morgan fingerprint density at radius 3 is 2.57 bits per heavy atom. The van der Waals surface area contributed by atoms with E-state index in [1.165, 1.54) is 11.1 Å². The Morgan fingerprint density at radius 2 is 1.89 bits per heavy atom. The van der Waals surface area contributed by atoms with Gasteiger partial charge >= 0.3 is 0 Å². The maximum absolute atomic E-state index is 6.85. The van der Waals surface area contributed by atoms with Gasteiger partial charge in [-0.1, -0.05) is 6.07 Å². The number of nitrogens with zero attached hydrogens (tertiary/aromatic N) is 6. The van der Waals surface area contributed by atoms with E-state index < -0.39 is 0 Å². The van der Waals surface area contributed by atoms with Crippen LogP contribution in [0.2, 0.25) is 0 Å². The summed E-state index contributed by atoms with van der Waals surface area (Å²) in [6.07, 6.45) is 6.87. The molecule has 0 saturated carbocycles. The molecule has 1 aromatic carbocycles. The second kappa shape index (κ2) is 8.53. The zero-order valence-corrected chi connectivity index (χ0v) is 21.5. The molecule has 35 heavy (non-hydrogen) atoms. The van der Waals surface area contributed by atoms with E-state index in [1.54, 1.807) is 7.11 Å². The third-order valence-corrected chi connectivity index (χ3v) is 8.14. The predicted octanol–water partition coefficient (Wildman–Crippen LogP) is 4.02.